The number of aromatic nitrogens is 6. The van der Waals surface area contributed by atoms with Gasteiger partial charge < -0.3 is 4.98 Å². The van der Waals surface area contributed by atoms with Crippen molar-refractivity contribution in [3.63, 3.8) is 0 Å². The van der Waals surface area contributed by atoms with Crippen molar-refractivity contribution in [3.8, 4) is 0 Å². The third-order valence-electron chi connectivity index (χ3n) is 2.64. The molecule has 0 radical (unpaired) electrons. The zero-order chi connectivity index (χ0) is 14.1. The Labute approximate surface area is 122 Å². The van der Waals surface area contributed by atoms with Crippen LogP contribution in [0.2, 0.25) is 5.02 Å². The molecule has 0 bridgehead atoms. The number of hydrogen-bond acceptors (Lipinski definition) is 6. The van der Waals surface area contributed by atoms with Crippen molar-refractivity contribution >= 4 is 34.3 Å². The quantitative estimate of drug-likeness (QED) is 0.736. The Hall–Kier alpha value is -1.93. The summed E-state index contributed by atoms with van der Waals surface area (Å²) in [7, 11) is 1.75. The highest BCUT2D eigenvalue weighted by atomic mass is 35.5. The van der Waals surface area contributed by atoms with E-state index in [1.165, 1.54) is 11.8 Å². The number of halogens is 1. The van der Waals surface area contributed by atoms with Crippen molar-refractivity contribution in [1.82, 2.24) is 30.2 Å². The molecule has 9 heteroatoms. The standard InChI is InChI=1S/C11H9ClN6OS/c1-18-11(15-16-17-18)20-5-9-13-8-4-6(12)2-3-7(8)10(19)14-9/h2-4H,5H2,1H3,(H,13,14,19). The van der Waals surface area contributed by atoms with Crippen molar-refractivity contribution in [3.05, 3.63) is 39.4 Å². The van der Waals surface area contributed by atoms with Gasteiger partial charge in [-0.3, -0.25) is 4.79 Å². The summed E-state index contributed by atoms with van der Waals surface area (Å²) < 4.78 is 1.56. The summed E-state index contributed by atoms with van der Waals surface area (Å²) >= 11 is 7.30. The van der Waals surface area contributed by atoms with Crippen LogP contribution in [0.5, 0.6) is 0 Å². The van der Waals surface area contributed by atoms with E-state index in [1.54, 1.807) is 29.9 Å². The number of aromatic amines is 1. The van der Waals surface area contributed by atoms with E-state index in [-0.39, 0.29) is 5.56 Å². The lowest BCUT2D eigenvalue weighted by Crippen LogP contribution is -2.11. The summed E-state index contributed by atoms with van der Waals surface area (Å²) in [6.07, 6.45) is 0. The molecule has 3 aromatic rings. The number of nitrogens with one attached hydrogen (secondary N) is 1. The second-order valence-corrected chi connectivity index (χ2v) is 5.43. The first kappa shape index (κ1) is 13.1. The van der Waals surface area contributed by atoms with Crippen molar-refractivity contribution in [2.24, 2.45) is 7.05 Å². The van der Waals surface area contributed by atoms with Gasteiger partial charge in [-0.25, -0.2) is 9.67 Å². The molecule has 1 N–H and O–H groups in total. The smallest absolute Gasteiger partial charge is 0.258 e. The molecule has 0 saturated carbocycles. The highest BCUT2D eigenvalue weighted by molar-refractivity contribution is 7.98. The fourth-order valence-corrected chi connectivity index (χ4v) is 2.59. The lowest BCUT2D eigenvalue weighted by atomic mass is 10.2. The maximum Gasteiger partial charge on any atom is 0.258 e. The average Bonchev–Trinajstić information content (AvgIpc) is 2.81. The predicted molar refractivity (Wildman–Crippen MR) is 75.7 cm³/mol. The van der Waals surface area contributed by atoms with E-state index in [4.69, 9.17) is 11.6 Å². The molecule has 20 heavy (non-hydrogen) atoms. The van der Waals surface area contributed by atoms with Gasteiger partial charge in [-0.2, -0.15) is 0 Å². The molecular weight excluding hydrogens is 300 g/mol. The van der Waals surface area contributed by atoms with Gasteiger partial charge in [-0.15, -0.1) is 5.10 Å². The molecule has 2 heterocycles. The SMILES string of the molecule is Cn1nnnc1SCc1nc2cc(Cl)ccc2c(=O)[nH]1. The van der Waals surface area contributed by atoms with Crippen LogP contribution in [0.3, 0.4) is 0 Å². The second-order valence-electron chi connectivity index (χ2n) is 4.05. The van der Waals surface area contributed by atoms with E-state index >= 15 is 0 Å². The molecule has 1 aromatic carbocycles. The monoisotopic (exact) mass is 308 g/mol. The zero-order valence-corrected chi connectivity index (χ0v) is 11.9. The van der Waals surface area contributed by atoms with E-state index in [2.05, 4.69) is 25.5 Å². The fraction of sp³-hybridized carbons (Fsp3) is 0.182. The average molecular weight is 309 g/mol. The minimum absolute atomic E-state index is 0.182. The van der Waals surface area contributed by atoms with Gasteiger partial charge in [0.25, 0.3) is 5.56 Å². The largest absolute Gasteiger partial charge is 0.309 e. The summed E-state index contributed by atoms with van der Waals surface area (Å²) in [6, 6.07) is 5.00. The van der Waals surface area contributed by atoms with E-state index in [0.717, 1.165) is 0 Å². The zero-order valence-electron chi connectivity index (χ0n) is 10.4. The minimum Gasteiger partial charge on any atom is -0.309 e. The van der Waals surface area contributed by atoms with Gasteiger partial charge in [0.1, 0.15) is 5.82 Å². The summed E-state index contributed by atoms with van der Waals surface area (Å²) in [5, 5.41) is 12.8. The minimum atomic E-state index is -0.182. The maximum atomic E-state index is 11.9. The Bertz CT molecular complexity index is 829. The molecular formula is C11H9ClN6OS. The number of benzene rings is 1. The van der Waals surface area contributed by atoms with Crippen molar-refractivity contribution in [2.75, 3.05) is 0 Å². The predicted octanol–water partition coefficient (Wildman–Crippen LogP) is 1.39. The Kier molecular flexibility index (Phi) is 3.41. The third kappa shape index (κ3) is 2.52. The van der Waals surface area contributed by atoms with Crippen LogP contribution in [0, 0.1) is 0 Å². The molecule has 0 aliphatic rings. The Morgan fingerprint density at radius 2 is 2.30 bits per heavy atom. The number of H-pyrrole nitrogens is 1. The first-order chi connectivity index (χ1) is 9.63. The lowest BCUT2D eigenvalue weighted by Gasteiger charge is -2.02. The van der Waals surface area contributed by atoms with Crippen LogP contribution >= 0.6 is 23.4 Å². The third-order valence-corrected chi connectivity index (χ3v) is 3.89. The molecule has 102 valence electrons. The fourth-order valence-electron chi connectivity index (χ4n) is 1.71. The van der Waals surface area contributed by atoms with Crippen LogP contribution in [0.25, 0.3) is 10.9 Å². The van der Waals surface area contributed by atoms with Gasteiger partial charge in [0.2, 0.25) is 5.16 Å². The normalized spacial score (nSPS) is 11.1. The first-order valence-electron chi connectivity index (χ1n) is 5.67. The Balaban J connectivity index is 1.92. The number of nitrogens with zero attached hydrogens (tertiary/aromatic N) is 5. The highest BCUT2D eigenvalue weighted by Crippen LogP contribution is 2.19. The van der Waals surface area contributed by atoms with Crippen LogP contribution in [0.15, 0.2) is 28.2 Å². The molecule has 0 saturated heterocycles. The van der Waals surface area contributed by atoms with Crippen LogP contribution < -0.4 is 5.56 Å². The van der Waals surface area contributed by atoms with Crippen molar-refractivity contribution in [1.29, 1.82) is 0 Å². The van der Waals surface area contributed by atoms with Gasteiger partial charge in [0.05, 0.1) is 16.7 Å². The number of hydrogen-bond donors (Lipinski definition) is 1. The number of tetrazole rings is 1. The van der Waals surface area contributed by atoms with Gasteiger partial charge in [0, 0.05) is 12.1 Å². The second kappa shape index (κ2) is 5.22. The van der Waals surface area contributed by atoms with Gasteiger partial charge in [0.15, 0.2) is 0 Å². The van der Waals surface area contributed by atoms with E-state index in [1.807, 2.05) is 0 Å². The van der Waals surface area contributed by atoms with Crippen molar-refractivity contribution in [2.45, 2.75) is 10.9 Å². The molecule has 7 nitrogen and oxygen atoms in total. The molecule has 0 unspecified atom stereocenters. The van der Waals surface area contributed by atoms with E-state index in [9.17, 15) is 4.79 Å². The summed E-state index contributed by atoms with van der Waals surface area (Å²) in [4.78, 5) is 19.1. The summed E-state index contributed by atoms with van der Waals surface area (Å²) in [5.74, 6) is 1.02. The molecule has 0 atom stereocenters. The first-order valence-corrected chi connectivity index (χ1v) is 7.03. The van der Waals surface area contributed by atoms with Gasteiger partial charge >= 0.3 is 0 Å². The number of fused-ring (bicyclic) bond motifs is 1. The molecule has 0 spiro atoms. The maximum absolute atomic E-state index is 11.9. The van der Waals surface area contributed by atoms with Crippen LogP contribution in [-0.2, 0) is 12.8 Å². The van der Waals surface area contributed by atoms with Crippen LogP contribution in [0.1, 0.15) is 5.82 Å². The summed E-state index contributed by atoms with van der Waals surface area (Å²) in [5.41, 5.74) is 0.395. The molecule has 2 aromatic heterocycles. The molecule has 3 rings (SSSR count). The van der Waals surface area contributed by atoms with Gasteiger partial charge in [-0.05, 0) is 28.6 Å². The lowest BCUT2D eigenvalue weighted by molar-refractivity contribution is 0.664. The Morgan fingerprint density at radius 3 is 3.05 bits per heavy atom. The van der Waals surface area contributed by atoms with Gasteiger partial charge in [-0.1, -0.05) is 23.4 Å². The van der Waals surface area contributed by atoms with E-state index < -0.39 is 0 Å². The molecule has 0 fully saturated rings. The summed E-state index contributed by atoms with van der Waals surface area (Å²) in [6.45, 7) is 0. The number of rotatable bonds is 3. The van der Waals surface area contributed by atoms with Crippen LogP contribution in [-0.4, -0.2) is 30.2 Å². The molecule has 0 aliphatic heterocycles. The number of aryl methyl sites for hydroxylation is 1. The highest BCUT2D eigenvalue weighted by Gasteiger charge is 2.08. The van der Waals surface area contributed by atoms with E-state index in [0.29, 0.717) is 32.7 Å². The van der Waals surface area contributed by atoms with Crippen molar-refractivity contribution < 1.29 is 0 Å². The number of thioether (sulfide) groups is 1. The molecule has 0 amide bonds. The molecule has 0 aliphatic carbocycles. The van der Waals surface area contributed by atoms with Crippen LogP contribution in [0.4, 0.5) is 0 Å². The topological polar surface area (TPSA) is 89.3 Å². The Morgan fingerprint density at radius 1 is 1.45 bits per heavy atom.